The van der Waals surface area contributed by atoms with Gasteiger partial charge in [0.1, 0.15) is 0 Å². The van der Waals surface area contributed by atoms with Crippen LogP contribution in [0.3, 0.4) is 0 Å². The number of nitrogens with one attached hydrogen (secondary N) is 1. The highest BCUT2D eigenvalue weighted by Crippen LogP contribution is 2.36. The zero-order valence-electron chi connectivity index (χ0n) is 11.6. The Balaban J connectivity index is 1.73. The van der Waals surface area contributed by atoms with E-state index in [-0.39, 0.29) is 12.1 Å². The summed E-state index contributed by atoms with van der Waals surface area (Å²) in [7, 11) is 0. The number of benzene rings is 1. The Morgan fingerprint density at radius 3 is 2.77 bits per heavy atom. The minimum Gasteiger partial charge on any atom is -0.346 e. The lowest BCUT2D eigenvalue weighted by atomic mass is 9.94. The molecule has 110 valence electrons. The van der Waals surface area contributed by atoms with Crippen LogP contribution in [0.2, 0.25) is 5.02 Å². The average molecular weight is 313 g/mol. The number of fused-ring (bicyclic) bond motifs is 1. The molecule has 2 aromatic heterocycles. The fraction of sp³-hybridized carbons (Fsp3) is 0.200. The first-order valence-corrected chi connectivity index (χ1v) is 7.39. The lowest BCUT2D eigenvalue weighted by Gasteiger charge is -2.30. The molecular weight excluding hydrogens is 300 g/mol. The highest BCUT2D eigenvalue weighted by molar-refractivity contribution is 6.30. The van der Waals surface area contributed by atoms with Crippen LogP contribution < -0.4 is 5.32 Å². The fourth-order valence-corrected chi connectivity index (χ4v) is 2.93. The monoisotopic (exact) mass is 312 g/mol. The molecule has 22 heavy (non-hydrogen) atoms. The van der Waals surface area contributed by atoms with Crippen LogP contribution >= 0.6 is 11.6 Å². The maximum Gasteiger partial charge on any atom is 0.243 e. The number of hydrogen-bond donors (Lipinski definition) is 1. The van der Waals surface area contributed by atoms with Crippen molar-refractivity contribution in [2.45, 2.75) is 18.5 Å². The molecule has 0 saturated carbocycles. The van der Waals surface area contributed by atoms with Gasteiger partial charge in [-0.3, -0.25) is 4.98 Å². The van der Waals surface area contributed by atoms with E-state index in [4.69, 9.17) is 11.6 Å². The van der Waals surface area contributed by atoms with E-state index in [9.17, 15) is 0 Å². The van der Waals surface area contributed by atoms with Crippen molar-refractivity contribution in [3.8, 4) is 0 Å². The zero-order chi connectivity index (χ0) is 14.9. The van der Waals surface area contributed by atoms with Crippen molar-refractivity contribution in [1.82, 2.24) is 25.2 Å². The summed E-state index contributed by atoms with van der Waals surface area (Å²) in [5.74, 6) is 0.667. The predicted molar refractivity (Wildman–Crippen MR) is 82.6 cm³/mol. The van der Waals surface area contributed by atoms with E-state index in [2.05, 4.69) is 31.9 Å². The van der Waals surface area contributed by atoms with Crippen molar-refractivity contribution in [3.05, 3.63) is 64.9 Å². The number of tetrazole rings is 1. The minimum absolute atomic E-state index is 0.0636. The summed E-state index contributed by atoms with van der Waals surface area (Å²) in [6.07, 6.45) is 4.48. The quantitative estimate of drug-likeness (QED) is 0.788. The Hall–Kier alpha value is -2.47. The molecule has 0 fully saturated rings. The van der Waals surface area contributed by atoms with Gasteiger partial charge in [-0.15, -0.1) is 0 Å². The van der Waals surface area contributed by atoms with Gasteiger partial charge < -0.3 is 5.32 Å². The highest BCUT2D eigenvalue weighted by atomic mass is 35.5. The number of aromatic nitrogens is 5. The third-order valence-electron chi connectivity index (χ3n) is 3.89. The van der Waals surface area contributed by atoms with Crippen molar-refractivity contribution in [1.29, 1.82) is 0 Å². The average Bonchev–Trinajstić information content (AvgIpc) is 3.04. The molecule has 0 saturated heterocycles. The van der Waals surface area contributed by atoms with E-state index in [1.165, 1.54) is 0 Å². The van der Waals surface area contributed by atoms with Crippen LogP contribution in [0.15, 0.2) is 48.8 Å². The third-order valence-corrected chi connectivity index (χ3v) is 4.14. The topological polar surface area (TPSA) is 68.5 Å². The summed E-state index contributed by atoms with van der Waals surface area (Å²) < 4.78 is 1.82. The molecule has 0 unspecified atom stereocenters. The molecule has 1 aliphatic rings. The normalized spacial score (nSPS) is 20.2. The second kappa shape index (κ2) is 5.38. The highest BCUT2D eigenvalue weighted by Gasteiger charge is 2.30. The number of nitrogens with zero attached hydrogens (tertiary/aromatic N) is 5. The van der Waals surface area contributed by atoms with Gasteiger partial charge in [-0.2, -0.15) is 0 Å². The second-order valence-corrected chi connectivity index (χ2v) is 5.67. The fourth-order valence-electron chi connectivity index (χ4n) is 2.80. The van der Waals surface area contributed by atoms with Gasteiger partial charge in [0.25, 0.3) is 0 Å². The molecule has 1 aliphatic heterocycles. The van der Waals surface area contributed by atoms with Crippen LogP contribution in [0.1, 0.15) is 29.6 Å². The standard InChI is InChI=1S/C15H13ClN6/c16-12-5-3-10(4-6-12)14-8-13(11-2-1-7-17-9-11)18-15-19-20-21-22(14)15/h1-7,9,13-14H,8H2,(H,18,19,21)/t13-,14+/m1/s1. The van der Waals surface area contributed by atoms with Gasteiger partial charge in [-0.25, -0.2) is 4.68 Å². The molecule has 1 N–H and O–H groups in total. The summed E-state index contributed by atoms with van der Waals surface area (Å²) in [4.78, 5) is 4.20. The van der Waals surface area contributed by atoms with Crippen LogP contribution in [0.25, 0.3) is 0 Å². The van der Waals surface area contributed by atoms with Crippen molar-refractivity contribution >= 4 is 17.5 Å². The summed E-state index contributed by atoms with van der Waals surface area (Å²) in [5, 5.41) is 16.0. The Labute approximate surface area is 132 Å². The molecule has 0 amide bonds. The molecule has 7 heteroatoms. The lowest BCUT2D eigenvalue weighted by molar-refractivity contribution is 0.423. The SMILES string of the molecule is Clc1ccc([C@@H]2C[C@H](c3cccnc3)Nc3nnnn32)cc1. The molecular formula is C15H13ClN6. The van der Waals surface area contributed by atoms with Gasteiger partial charge in [0.05, 0.1) is 12.1 Å². The zero-order valence-corrected chi connectivity index (χ0v) is 12.4. The summed E-state index contributed by atoms with van der Waals surface area (Å²) in [6, 6.07) is 12.0. The van der Waals surface area contributed by atoms with Crippen molar-refractivity contribution in [2.24, 2.45) is 0 Å². The lowest BCUT2D eigenvalue weighted by Crippen LogP contribution is -2.28. The number of rotatable bonds is 2. The van der Waals surface area contributed by atoms with E-state index < -0.39 is 0 Å². The predicted octanol–water partition coefficient (Wildman–Crippen LogP) is 2.87. The number of halogens is 1. The molecule has 0 aliphatic carbocycles. The number of pyridine rings is 1. The largest absolute Gasteiger partial charge is 0.346 e. The molecule has 1 aromatic carbocycles. The third kappa shape index (κ3) is 2.31. The van der Waals surface area contributed by atoms with Gasteiger partial charge in [0, 0.05) is 17.4 Å². The molecule has 6 nitrogen and oxygen atoms in total. The first kappa shape index (κ1) is 13.2. The Morgan fingerprint density at radius 2 is 2.00 bits per heavy atom. The maximum atomic E-state index is 5.99. The smallest absolute Gasteiger partial charge is 0.243 e. The van der Waals surface area contributed by atoms with Crippen LogP contribution in [0.5, 0.6) is 0 Å². The van der Waals surface area contributed by atoms with Crippen molar-refractivity contribution < 1.29 is 0 Å². The van der Waals surface area contributed by atoms with E-state index in [1.54, 1.807) is 6.20 Å². The van der Waals surface area contributed by atoms with Gasteiger partial charge in [-0.1, -0.05) is 34.9 Å². The molecule has 0 spiro atoms. The molecule has 0 radical (unpaired) electrons. The van der Waals surface area contributed by atoms with Crippen LogP contribution in [0.4, 0.5) is 5.95 Å². The van der Waals surface area contributed by atoms with E-state index in [0.717, 1.165) is 22.6 Å². The van der Waals surface area contributed by atoms with Crippen LogP contribution in [-0.2, 0) is 0 Å². The number of anilines is 1. The molecule has 3 heterocycles. The van der Waals surface area contributed by atoms with Gasteiger partial charge in [-0.05, 0) is 46.2 Å². The van der Waals surface area contributed by atoms with E-state index in [0.29, 0.717) is 5.95 Å². The van der Waals surface area contributed by atoms with E-state index in [1.807, 2.05) is 41.2 Å². The summed E-state index contributed by atoms with van der Waals surface area (Å²) in [5.41, 5.74) is 2.25. The Bertz CT molecular complexity index is 770. The maximum absolute atomic E-state index is 5.99. The Morgan fingerprint density at radius 1 is 1.14 bits per heavy atom. The van der Waals surface area contributed by atoms with Gasteiger partial charge in [0.2, 0.25) is 5.95 Å². The van der Waals surface area contributed by atoms with Gasteiger partial charge in [0.15, 0.2) is 0 Å². The Kier molecular flexibility index (Phi) is 3.23. The molecule has 4 rings (SSSR count). The van der Waals surface area contributed by atoms with Crippen LogP contribution in [0, 0.1) is 0 Å². The summed E-state index contributed by atoms with van der Waals surface area (Å²) >= 11 is 5.99. The molecule has 3 aromatic rings. The van der Waals surface area contributed by atoms with Crippen LogP contribution in [-0.4, -0.2) is 25.2 Å². The van der Waals surface area contributed by atoms with E-state index >= 15 is 0 Å². The molecule has 2 atom stereocenters. The second-order valence-electron chi connectivity index (χ2n) is 5.23. The molecule has 0 bridgehead atoms. The first-order chi connectivity index (χ1) is 10.8. The van der Waals surface area contributed by atoms with Crippen molar-refractivity contribution in [2.75, 3.05) is 5.32 Å². The number of hydrogen-bond acceptors (Lipinski definition) is 5. The first-order valence-electron chi connectivity index (χ1n) is 7.01. The summed E-state index contributed by atoms with van der Waals surface area (Å²) in [6.45, 7) is 0. The van der Waals surface area contributed by atoms with Gasteiger partial charge >= 0.3 is 0 Å². The van der Waals surface area contributed by atoms with Crippen molar-refractivity contribution in [3.63, 3.8) is 0 Å². The minimum atomic E-state index is 0.0636.